The summed E-state index contributed by atoms with van der Waals surface area (Å²) in [6.45, 7) is 0. The van der Waals surface area contributed by atoms with Gasteiger partial charge in [-0.2, -0.15) is 17.0 Å². The standard InChI is InChI=1S/C11H14N4S/c12-6-8-3-4-14-11(10(8)13)15-9-2-1-5-16-7-9/h3-4,9H,1-2,5,7,13H2,(H,14,15). The van der Waals surface area contributed by atoms with Gasteiger partial charge in [0.25, 0.3) is 0 Å². The van der Waals surface area contributed by atoms with Crippen LogP contribution in [0.5, 0.6) is 0 Å². The van der Waals surface area contributed by atoms with E-state index in [2.05, 4.69) is 16.4 Å². The van der Waals surface area contributed by atoms with Gasteiger partial charge in [-0.1, -0.05) is 0 Å². The average molecular weight is 234 g/mol. The van der Waals surface area contributed by atoms with Gasteiger partial charge in [-0.25, -0.2) is 4.98 Å². The van der Waals surface area contributed by atoms with Crippen LogP contribution in [0.4, 0.5) is 11.5 Å². The minimum atomic E-state index is 0.419. The van der Waals surface area contributed by atoms with E-state index in [0.717, 1.165) is 12.2 Å². The predicted molar refractivity (Wildman–Crippen MR) is 67.3 cm³/mol. The first-order chi connectivity index (χ1) is 7.81. The minimum Gasteiger partial charge on any atom is -0.395 e. The van der Waals surface area contributed by atoms with Gasteiger partial charge in [-0.3, -0.25) is 0 Å². The molecule has 5 heteroatoms. The molecule has 1 aliphatic heterocycles. The van der Waals surface area contributed by atoms with Crippen molar-refractivity contribution in [3.05, 3.63) is 17.8 Å². The Kier molecular flexibility index (Phi) is 3.52. The van der Waals surface area contributed by atoms with Crippen LogP contribution >= 0.6 is 11.8 Å². The maximum Gasteiger partial charge on any atom is 0.150 e. The van der Waals surface area contributed by atoms with Crippen molar-refractivity contribution in [2.45, 2.75) is 18.9 Å². The first kappa shape index (κ1) is 11.1. The van der Waals surface area contributed by atoms with Crippen LogP contribution in [0.25, 0.3) is 0 Å². The van der Waals surface area contributed by atoms with E-state index in [1.807, 2.05) is 11.8 Å². The first-order valence-electron chi connectivity index (χ1n) is 5.30. The average Bonchev–Trinajstić information content (AvgIpc) is 2.33. The molecule has 1 fully saturated rings. The molecule has 0 radical (unpaired) electrons. The van der Waals surface area contributed by atoms with E-state index >= 15 is 0 Å². The van der Waals surface area contributed by atoms with Crippen molar-refractivity contribution in [1.29, 1.82) is 5.26 Å². The fourth-order valence-corrected chi connectivity index (χ4v) is 2.81. The Morgan fingerprint density at radius 2 is 2.50 bits per heavy atom. The van der Waals surface area contributed by atoms with Gasteiger partial charge in [0.15, 0.2) is 5.82 Å². The Morgan fingerprint density at radius 3 is 3.19 bits per heavy atom. The molecular formula is C11H14N4S. The van der Waals surface area contributed by atoms with E-state index in [9.17, 15) is 0 Å². The van der Waals surface area contributed by atoms with Crippen molar-refractivity contribution in [3.8, 4) is 6.07 Å². The lowest BCUT2D eigenvalue weighted by atomic mass is 10.1. The summed E-state index contributed by atoms with van der Waals surface area (Å²) in [7, 11) is 0. The molecule has 3 N–H and O–H groups in total. The molecule has 1 atom stereocenters. The van der Waals surface area contributed by atoms with E-state index in [0.29, 0.717) is 23.1 Å². The Morgan fingerprint density at radius 1 is 1.62 bits per heavy atom. The molecule has 1 aromatic rings. The zero-order chi connectivity index (χ0) is 11.4. The number of hydrogen-bond acceptors (Lipinski definition) is 5. The number of nitrogen functional groups attached to an aromatic ring is 1. The van der Waals surface area contributed by atoms with Crippen molar-refractivity contribution in [2.75, 3.05) is 22.6 Å². The summed E-state index contributed by atoms with van der Waals surface area (Å²) in [5.74, 6) is 2.96. The number of nitrogens with one attached hydrogen (secondary N) is 1. The van der Waals surface area contributed by atoms with Crippen LogP contribution in [0.2, 0.25) is 0 Å². The topological polar surface area (TPSA) is 74.7 Å². The highest BCUT2D eigenvalue weighted by Gasteiger charge is 2.15. The second-order valence-corrected chi connectivity index (χ2v) is 4.94. The van der Waals surface area contributed by atoms with Gasteiger partial charge in [0.1, 0.15) is 6.07 Å². The fraction of sp³-hybridized carbons (Fsp3) is 0.455. The number of anilines is 2. The Balaban J connectivity index is 2.12. The van der Waals surface area contributed by atoms with Gasteiger partial charge in [-0.05, 0) is 24.7 Å². The molecule has 0 aliphatic carbocycles. The van der Waals surface area contributed by atoms with Crippen LogP contribution < -0.4 is 11.1 Å². The van der Waals surface area contributed by atoms with Crippen LogP contribution in [-0.2, 0) is 0 Å². The largest absolute Gasteiger partial charge is 0.395 e. The molecule has 1 aromatic heterocycles. The summed E-state index contributed by atoms with van der Waals surface area (Å²) in [5, 5.41) is 12.2. The molecule has 1 saturated heterocycles. The fourth-order valence-electron chi connectivity index (χ4n) is 1.73. The van der Waals surface area contributed by atoms with E-state index in [-0.39, 0.29) is 0 Å². The summed E-state index contributed by atoms with van der Waals surface area (Å²) >= 11 is 1.94. The van der Waals surface area contributed by atoms with Crippen LogP contribution in [0, 0.1) is 11.3 Å². The zero-order valence-electron chi connectivity index (χ0n) is 8.94. The van der Waals surface area contributed by atoms with Crippen LogP contribution in [-0.4, -0.2) is 22.5 Å². The normalized spacial score (nSPS) is 20.1. The summed E-state index contributed by atoms with van der Waals surface area (Å²) < 4.78 is 0. The van der Waals surface area contributed by atoms with E-state index in [4.69, 9.17) is 11.0 Å². The number of nitriles is 1. The summed E-state index contributed by atoms with van der Waals surface area (Å²) in [5.41, 5.74) is 6.80. The van der Waals surface area contributed by atoms with Crippen LogP contribution in [0.3, 0.4) is 0 Å². The smallest absolute Gasteiger partial charge is 0.150 e. The SMILES string of the molecule is N#Cc1ccnc(NC2CCCSC2)c1N. The molecule has 16 heavy (non-hydrogen) atoms. The van der Waals surface area contributed by atoms with Crippen molar-refractivity contribution in [3.63, 3.8) is 0 Å². The highest BCUT2D eigenvalue weighted by Crippen LogP contribution is 2.24. The lowest BCUT2D eigenvalue weighted by Crippen LogP contribution is -2.26. The predicted octanol–water partition coefficient (Wildman–Crippen LogP) is 1.84. The van der Waals surface area contributed by atoms with E-state index in [1.54, 1.807) is 12.3 Å². The molecule has 1 aliphatic rings. The number of thioether (sulfide) groups is 1. The Hall–Kier alpha value is -1.41. The van der Waals surface area contributed by atoms with Gasteiger partial charge in [0.2, 0.25) is 0 Å². The molecule has 0 spiro atoms. The quantitative estimate of drug-likeness (QED) is 0.816. The summed E-state index contributed by atoms with van der Waals surface area (Å²) in [6.07, 6.45) is 3.98. The number of pyridine rings is 1. The highest BCUT2D eigenvalue weighted by molar-refractivity contribution is 7.99. The number of nitrogens with two attached hydrogens (primary N) is 1. The molecule has 84 valence electrons. The second-order valence-electron chi connectivity index (χ2n) is 3.79. The second kappa shape index (κ2) is 5.08. The molecule has 0 amide bonds. The minimum absolute atomic E-state index is 0.419. The molecule has 0 aromatic carbocycles. The maximum absolute atomic E-state index is 8.86. The molecule has 1 unspecified atom stereocenters. The third kappa shape index (κ3) is 2.39. The Bertz CT molecular complexity index is 407. The zero-order valence-corrected chi connectivity index (χ0v) is 9.76. The number of rotatable bonds is 2. The van der Waals surface area contributed by atoms with Gasteiger partial charge in [0, 0.05) is 18.0 Å². The number of aromatic nitrogens is 1. The maximum atomic E-state index is 8.86. The summed E-state index contributed by atoms with van der Waals surface area (Å²) in [6, 6.07) is 4.12. The molecule has 0 saturated carbocycles. The van der Waals surface area contributed by atoms with Crippen molar-refractivity contribution in [2.24, 2.45) is 0 Å². The molecule has 2 rings (SSSR count). The monoisotopic (exact) mass is 234 g/mol. The van der Waals surface area contributed by atoms with Crippen molar-refractivity contribution < 1.29 is 0 Å². The van der Waals surface area contributed by atoms with E-state index < -0.39 is 0 Å². The first-order valence-corrected chi connectivity index (χ1v) is 6.45. The van der Waals surface area contributed by atoms with Crippen molar-refractivity contribution in [1.82, 2.24) is 4.98 Å². The third-order valence-corrected chi connectivity index (χ3v) is 3.83. The van der Waals surface area contributed by atoms with E-state index in [1.165, 1.54) is 12.2 Å². The molecule has 0 bridgehead atoms. The van der Waals surface area contributed by atoms with Crippen molar-refractivity contribution >= 4 is 23.3 Å². The number of hydrogen-bond donors (Lipinski definition) is 2. The van der Waals surface area contributed by atoms with Crippen LogP contribution in [0.1, 0.15) is 18.4 Å². The Labute approximate surface area is 99.2 Å². The highest BCUT2D eigenvalue weighted by atomic mass is 32.2. The molecule has 4 nitrogen and oxygen atoms in total. The third-order valence-electron chi connectivity index (χ3n) is 2.61. The van der Waals surface area contributed by atoms with Gasteiger partial charge < -0.3 is 11.1 Å². The molecular weight excluding hydrogens is 220 g/mol. The lowest BCUT2D eigenvalue weighted by Gasteiger charge is -2.23. The number of nitrogens with zero attached hydrogens (tertiary/aromatic N) is 2. The van der Waals surface area contributed by atoms with Crippen LogP contribution in [0.15, 0.2) is 12.3 Å². The van der Waals surface area contributed by atoms with Gasteiger partial charge in [-0.15, -0.1) is 0 Å². The lowest BCUT2D eigenvalue weighted by molar-refractivity contribution is 0.683. The summed E-state index contributed by atoms with van der Waals surface area (Å²) in [4.78, 5) is 4.18. The van der Waals surface area contributed by atoms with Gasteiger partial charge in [0.05, 0.1) is 11.3 Å². The van der Waals surface area contributed by atoms with Gasteiger partial charge >= 0.3 is 0 Å². The molecule has 2 heterocycles.